The van der Waals surface area contributed by atoms with Crippen LogP contribution in [0, 0.1) is 0 Å². The highest BCUT2D eigenvalue weighted by Crippen LogP contribution is 2.17. The van der Waals surface area contributed by atoms with E-state index in [1.54, 1.807) is 6.20 Å². The van der Waals surface area contributed by atoms with Gasteiger partial charge in [0, 0.05) is 6.04 Å². The predicted molar refractivity (Wildman–Crippen MR) is 59.5 cm³/mol. The van der Waals surface area contributed by atoms with E-state index in [-0.39, 0.29) is 5.91 Å². The Bertz CT molecular complexity index is 363. The average Bonchev–Trinajstić information content (AvgIpc) is 2.70. The Balaban J connectivity index is 2.01. The molecule has 1 aromatic heterocycles. The molecule has 1 saturated carbocycles. The van der Waals surface area contributed by atoms with Crippen molar-refractivity contribution in [2.75, 3.05) is 0 Å². The molecule has 80 valence electrons. The molecule has 0 atom stereocenters. The minimum atomic E-state index is -0.129. The van der Waals surface area contributed by atoms with Crippen LogP contribution in [0.4, 0.5) is 0 Å². The summed E-state index contributed by atoms with van der Waals surface area (Å²) < 4.78 is 0.585. The summed E-state index contributed by atoms with van der Waals surface area (Å²) in [5, 5.41) is 2.96. The van der Waals surface area contributed by atoms with Gasteiger partial charge in [0.15, 0.2) is 0 Å². The monoisotopic (exact) mass is 269 g/mol. The minimum absolute atomic E-state index is 0.129. The molecule has 0 unspecified atom stereocenters. The Morgan fingerprint density at radius 2 is 2.13 bits per heavy atom. The molecule has 5 heteroatoms. The molecular formula is C10H12BrN3O. The maximum atomic E-state index is 11.7. The van der Waals surface area contributed by atoms with Crippen LogP contribution in [0.3, 0.4) is 0 Å². The normalized spacial score (nSPS) is 16.6. The molecule has 0 saturated heterocycles. The van der Waals surface area contributed by atoms with Gasteiger partial charge < -0.3 is 5.32 Å². The first-order valence-electron chi connectivity index (χ1n) is 5.04. The van der Waals surface area contributed by atoms with Crippen LogP contribution < -0.4 is 5.32 Å². The first-order chi connectivity index (χ1) is 7.25. The van der Waals surface area contributed by atoms with Gasteiger partial charge in [0.1, 0.15) is 10.3 Å². The summed E-state index contributed by atoms with van der Waals surface area (Å²) in [5.41, 5.74) is 0.372. The molecular weight excluding hydrogens is 258 g/mol. The highest BCUT2D eigenvalue weighted by molar-refractivity contribution is 9.10. The van der Waals surface area contributed by atoms with Gasteiger partial charge in [-0.2, -0.15) is 0 Å². The van der Waals surface area contributed by atoms with Crippen molar-refractivity contribution in [3.05, 3.63) is 22.7 Å². The Kier molecular flexibility index (Phi) is 3.30. The summed E-state index contributed by atoms with van der Waals surface area (Å²) in [6, 6.07) is 0.318. The van der Waals surface area contributed by atoms with Crippen molar-refractivity contribution >= 4 is 21.8 Å². The van der Waals surface area contributed by atoms with Crippen LogP contribution in [0.5, 0.6) is 0 Å². The van der Waals surface area contributed by atoms with Crippen LogP contribution in [0.1, 0.15) is 36.2 Å². The Morgan fingerprint density at radius 3 is 2.80 bits per heavy atom. The van der Waals surface area contributed by atoms with E-state index in [0.29, 0.717) is 16.3 Å². The number of amides is 1. The number of carbonyl (C=O) groups is 1. The number of hydrogen-bond donors (Lipinski definition) is 1. The van der Waals surface area contributed by atoms with Crippen LogP contribution in [0.2, 0.25) is 0 Å². The van der Waals surface area contributed by atoms with Crippen LogP contribution in [-0.4, -0.2) is 21.9 Å². The van der Waals surface area contributed by atoms with E-state index in [1.807, 2.05) is 0 Å². The molecule has 0 aliphatic heterocycles. The Hall–Kier alpha value is -0.970. The molecule has 0 spiro atoms. The summed E-state index contributed by atoms with van der Waals surface area (Å²) >= 11 is 3.19. The first kappa shape index (κ1) is 10.5. The van der Waals surface area contributed by atoms with E-state index in [1.165, 1.54) is 19.0 Å². The zero-order chi connectivity index (χ0) is 10.7. The molecule has 2 rings (SSSR count). The van der Waals surface area contributed by atoms with Crippen LogP contribution in [-0.2, 0) is 0 Å². The Labute approximate surface area is 96.6 Å². The SMILES string of the molecule is O=C(NC1CCCC1)c1cncc(Br)n1. The van der Waals surface area contributed by atoms with Crippen molar-refractivity contribution in [1.29, 1.82) is 0 Å². The highest BCUT2D eigenvalue weighted by atomic mass is 79.9. The maximum Gasteiger partial charge on any atom is 0.271 e. The maximum absolute atomic E-state index is 11.7. The van der Waals surface area contributed by atoms with Crippen molar-refractivity contribution in [3.63, 3.8) is 0 Å². The zero-order valence-corrected chi connectivity index (χ0v) is 9.83. The molecule has 1 fully saturated rings. The number of aromatic nitrogens is 2. The number of nitrogens with zero attached hydrogens (tertiary/aromatic N) is 2. The van der Waals surface area contributed by atoms with Crippen LogP contribution in [0.25, 0.3) is 0 Å². The molecule has 4 nitrogen and oxygen atoms in total. The zero-order valence-electron chi connectivity index (χ0n) is 8.24. The lowest BCUT2D eigenvalue weighted by Gasteiger charge is -2.10. The van der Waals surface area contributed by atoms with Gasteiger partial charge in [-0.25, -0.2) is 4.98 Å². The fourth-order valence-electron chi connectivity index (χ4n) is 1.78. The number of hydrogen-bond acceptors (Lipinski definition) is 3. The van der Waals surface area contributed by atoms with Crippen LogP contribution in [0.15, 0.2) is 17.0 Å². The molecule has 1 aliphatic carbocycles. The quantitative estimate of drug-likeness (QED) is 0.893. The van der Waals surface area contributed by atoms with Gasteiger partial charge in [-0.15, -0.1) is 0 Å². The molecule has 0 aromatic carbocycles. The lowest BCUT2D eigenvalue weighted by Crippen LogP contribution is -2.33. The van der Waals surface area contributed by atoms with Gasteiger partial charge >= 0.3 is 0 Å². The summed E-state index contributed by atoms with van der Waals surface area (Å²) in [6.07, 6.45) is 7.60. The smallest absolute Gasteiger partial charge is 0.271 e. The molecule has 15 heavy (non-hydrogen) atoms. The molecule has 1 N–H and O–H groups in total. The summed E-state index contributed by atoms with van der Waals surface area (Å²) in [7, 11) is 0. The number of halogens is 1. The standard InChI is InChI=1S/C10H12BrN3O/c11-9-6-12-5-8(14-9)10(15)13-7-3-1-2-4-7/h5-7H,1-4H2,(H,13,15). The van der Waals surface area contributed by atoms with Crippen molar-refractivity contribution in [2.45, 2.75) is 31.7 Å². The third kappa shape index (κ3) is 2.75. The van der Waals surface area contributed by atoms with Gasteiger partial charge in [0.25, 0.3) is 5.91 Å². The molecule has 1 aliphatic rings. The van der Waals surface area contributed by atoms with E-state index in [9.17, 15) is 4.79 Å². The number of carbonyl (C=O) groups excluding carboxylic acids is 1. The van der Waals surface area contributed by atoms with E-state index in [4.69, 9.17) is 0 Å². The predicted octanol–water partition coefficient (Wildman–Crippen LogP) is 1.91. The largest absolute Gasteiger partial charge is 0.348 e. The second-order valence-electron chi connectivity index (χ2n) is 3.68. The molecule has 0 radical (unpaired) electrons. The van der Waals surface area contributed by atoms with E-state index in [0.717, 1.165) is 12.8 Å². The van der Waals surface area contributed by atoms with Gasteiger partial charge in [0.05, 0.1) is 12.4 Å². The van der Waals surface area contributed by atoms with E-state index < -0.39 is 0 Å². The molecule has 1 aromatic rings. The summed E-state index contributed by atoms with van der Waals surface area (Å²) in [6.45, 7) is 0. The van der Waals surface area contributed by atoms with Crippen molar-refractivity contribution in [3.8, 4) is 0 Å². The van der Waals surface area contributed by atoms with Crippen LogP contribution >= 0.6 is 15.9 Å². The van der Waals surface area contributed by atoms with Crippen molar-refractivity contribution in [1.82, 2.24) is 15.3 Å². The Morgan fingerprint density at radius 1 is 1.40 bits per heavy atom. The first-order valence-corrected chi connectivity index (χ1v) is 5.83. The average molecular weight is 270 g/mol. The fourth-order valence-corrected chi connectivity index (χ4v) is 2.09. The third-order valence-corrected chi connectivity index (χ3v) is 2.91. The van der Waals surface area contributed by atoms with Gasteiger partial charge in [0.2, 0.25) is 0 Å². The third-order valence-electron chi connectivity index (χ3n) is 2.53. The minimum Gasteiger partial charge on any atom is -0.348 e. The fraction of sp³-hybridized carbons (Fsp3) is 0.500. The van der Waals surface area contributed by atoms with E-state index in [2.05, 4.69) is 31.2 Å². The number of rotatable bonds is 2. The highest BCUT2D eigenvalue weighted by Gasteiger charge is 2.18. The van der Waals surface area contributed by atoms with Gasteiger partial charge in [-0.1, -0.05) is 12.8 Å². The number of nitrogens with one attached hydrogen (secondary N) is 1. The second-order valence-corrected chi connectivity index (χ2v) is 4.49. The summed E-state index contributed by atoms with van der Waals surface area (Å²) in [4.78, 5) is 19.7. The van der Waals surface area contributed by atoms with Crippen molar-refractivity contribution < 1.29 is 4.79 Å². The second kappa shape index (κ2) is 4.70. The van der Waals surface area contributed by atoms with Gasteiger partial charge in [-0.05, 0) is 28.8 Å². The lowest BCUT2D eigenvalue weighted by molar-refractivity contribution is 0.0932. The topological polar surface area (TPSA) is 54.9 Å². The van der Waals surface area contributed by atoms with Crippen molar-refractivity contribution in [2.24, 2.45) is 0 Å². The van der Waals surface area contributed by atoms with E-state index >= 15 is 0 Å². The molecule has 1 amide bonds. The lowest BCUT2D eigenvalue weighted by atomic mass is 10.2. The molecule has 0 bridgehead atoms. The summed E-state index contributed by atoms with van der Waals surface area (Å²) in [5.74, 6) is -0.129. The molecule has 1 heterocycles. The van der Waals surface area contributed by atoms with Gasteiger partial charge in [-0.3, -0.25) is 9.78 Å².